The molecule has 1 N–H and O–H groups in total. The maximum Gasteiger partial charge on any atom is 0.253 e. The number of hydrogen-bond donors (Lipinski definition) is 1. The summed E-state index contributed by atoms with van der Waals surface area (Å²) in [6, 6.07) is 12.8. The number of hydrogen-bond acceptors (Lipinski definition) is 3. The smallest absolute Gasteiger partial charge is 0.253 e. The molecule has 0 bridgehead atoms. The monoisotopic (exact) mass is 401 g/mol. The summed E-state index contributed by atoms with van der Waals surface area (Å²) in [6.45, 7) is 0.386. The third-order valence-electron chi connectivity index (χ3n) is 3.41. The van der Waals surface area contributed by atoms with Gasteiger partial charge in [0.2, 0.25) is 0 Å². The zero-order chi connectivity index (χ0) is 16.9. The molecule has 2 aromatic heterocycles. The number of nitrogens with one attached hydrogen (secondary N) is 1. The predicted molar refractivity (Wildman–Crippen MR) is 97.8 cm³/mol. The van der Waals surface area contributed by atoms with E-state index in [1.54, 1.807) is 36.8 Å². The van der Waals surface area contributed by atoms with Crippen LogP contribution in [0.25, 0.3) is 11.3 Å². The number of benzene rings is 1. The van der Waals surface area contributed by atoms with Crippen molar-refractivity contribution in [1.29, 1.82) is 0 Å². The maximum absolute atomic E-state index is 12.3. The SMILES string of the molecule is O=C(NCc1ccnc(-c2cccnc2)c1)c1cc(Br)ccc1Cl. The van der Waals surface area contributed by atoms with Crippen LogP contribution in [-0.4, -0.2) is 15.9 Å². The topological polar surface area (TPSA) is 54.9 Å². The van der Waals surface area contributed by atoms with Crippen molar-refractivity contribution in [3.8, 4) is 11.3 Å². The van der Waals surface area contributed by atoms with Gasteiger partial charge in [-0.1, -0.05) is 27.5 Å². The molecule has 0 aliphatic carbocycles. The Morgan fingerprint density at radius 3 is 2.83 bits per heavy atom. The van der Waals surface area contributed by atoms with Crippen LogP contribution in [0.1, 0.15) is 15.9 Å². The van der Waals surface area contributed by atoms with Gasteiger partial charge in [-0.15, -0.1) is 0 Å². The van der Waals surface area contributed by atoms with E-state index in [2.05, 4.69) is 31.2 Å². The molecule has 0 aliphatic heterocycles. The fourth-order valence-electron chi connectivity index (χ4n) is 2.21. The summed E-state index contributed by atoms with van der Waals surface area (Å²) in [6.07, 6.45) is 5.19. The Morgan fingerprint density at radius 1 is 1.17 bits per heavy atom. The molecule has 0 spiro atoms. The standard InChI is InChI=1S/C18H13BrClN3O/c19-14-3-4-16(20)15(9-14)18(24)23-10-12-5-7-22-17(8-12)13-2-1-6-21-11-13/h1-9,11H,10H2,(H,23,24). The van der Waals surface area contributed by atoms with E-state index >= 15 is 0 Å². The molecule has 3 rings (SSSR count). The molecule has 0 unspecified atom stereocenters. The van der Waals surface area contributed by atoms with Crippen LogP contribution in [0.4, 0.5) is 0 Å². The maximum atomic E-state index is 12.3. The molecule has 3 aromatic rings. The number of amides is 1. The van der Waals surface area contributed by atoms with Crippen molar-refractivity contribution in [3.63, 3.8) is 0 Å². The van der Waals surface area contributed by atoms with E-state index in [1.165, 1.54) is 0 Å². The van der Waals surface area contributed by atoms with Crippen molar-refractivity contribution in [2.45, 2.75) is 6.54 Å². The molecular formula is C18H13BrClN3O. The molecule has 0 atom stereocenters. The van der Waals surface area contributed by atoms with Gasteiger partial charge in [0.15, 0.2) is 0 Å². The fourth-order valence-corrected chi connectivity index (χ4v) is 2.77. The zero-order valence-corrected chi connectivity index (χ0v) is 14.9. The van der Waals surface area contributed by atoms with Crippen molar-refractivity contribution in [1.82, 2.24) is 15.3 Å². The summed E-state index contributed by atoms with van der Waals surface area (Å²) in [5.41, 5.74) is 3.13. The summed E-state index contributed by atoms with van der Waals surface area (Å²) in [5, 5.41) is 3.29. The van der Waals surface area contributed by atoms with Gasteiger partial charge in [-0.2, -0.15) is 0 Å². The molecule has 1 amide bonds. The highest BCUT2D eigenvalue weighted by atomic mass is 79.9. The van der Waals surface area contributed by atoms with Crippen LogP contribution in [0.5, 0.6) is 0 Å². The third-order valence-corrected chi connectivity index (χ3v) is 4.23. The van der Waals surface area contributed by atoms with Gasteiger partial charge < -0.3 is 5.32 Å². The second-order valence-corrected chi connectivity index (χ2v) is 6.42. The summed E-state index contributed by atoms with van der Waals surface area (Å²) in [5.74, 6) is -0.221. The number of rotatable bonds is 4. The number of pyridine rings is 2. The lowest BCUT2D eigenvalue weighted by Crippen LogP contribution is -2.23. The predicted octanol–water partition coefficient (Wildman–Crippen LogP) is 4.49. The normalized spacial score (nSPS) is 10.4. The van der Waals surface area contributed by atoms with Crippen LogP contribution in [0.15, 0.2) is 65.5 Å². The molecule has 6 heteroatoms. The first-order valence-corrected chi connectivity index (χ1v) is 8.39. The first-order chi connectivity index (χ1) is 11.6. The molecule has 1 aromatic carbocycles. The van der Waals surface area contributed by atoms with Crippen molar-refractivity contribution in [3.05, 3.63) is 81.7 Å². The van der Waals surface area contributed by atoms with Gasteiger partial charge in [0.1, 0.15) is 0 Å². The summed E-state index contributed by atoms with van der Waals surface area (Å²) >= 11 is 9.42. The van der Waals surface area contributed by atoms with Gasteiger partial charge >= 0.3 is 0 Å². The van der Waals surface area contributed by atoms with Gasteiger partial charge in [-0.3, -0.25) is 14.8 Å². The van der Waals surface area contributed by atoms with E-state index in [-0.39, 0.29) is 5.91 Å². The first kappa shape index (κ1) is 16.6. The molecule has 0 aliphatic rings. The zero-order valence-electron chi connectivity index (χ0n) is 12.5. The van der Waals surface area contributed by atoms with Crippen LogP contribution < -0.4 is 5.32 Å². The van der Waals surface area contributed by atoms with Crippen LogP contribution in [0, 0.1) is 0 Å². The highest BCUT2D eigenvalue weighted by molar-refractivity contribution is 9.10. The molecule has 0 radical (unpaired) electrons. The number of nitrogens with zero attached hydrogens (tertiary/aromatic N) is 2. The number of carbonyl (C=O) groups excluding carboxylic acids is 1. The largest absolute Gasteiger partial charge is 0.348 e. The number of aromatic nitrogens is 2. The molecular weight excluding hydrogens is 390 g/mol. The Morgan fingerprint density at radius 2 is 2.04 bits per heavy atom. The lowest BCUT2D eigenvalue weighted by Gasteiger charge is -2.08. The molecule has 24 heavy (non-hydrogen) atoms. The Balaban J connectivity index is 1.73. The Labute approximate surface area is 153 Å². The lowest BCUT2D eigenvalue weighted by molar-refractivity contribution is 0.0951. The van der Waals surface area contributed by atoms with Gasteiger partial charge in [0, 0.05) is 35.2 Å². The van der Waals surface area contributed by atoms with E-state index in [1.807, 2.05) is 24.3 Å². The minimum Gasteiger partial charge on any atom is -0.348 e. The molecule has 0 saturated heterocycles. The minimum atomic E-state index is -0.221. The van der Waals surface area contributed by atoms with Gasteiger partial charge in [0.05, 0.1) is 16.3 Å². The average molecular weight is 403 g/mol. The first-order valence-electron chi connectivity index (χ1n) is 7.22. The van der Waals surface area contributed by atoms with Crippen molar-refractivity contribution in [2.24, 2.45) is 0 Å². The molecule has 2 heterocycles. The van der Waals surface area contributed by atoms with E-state index < -0.39 is 0 Å². The summed E-state index contributed by atoms with van der Waals surface area (Å²) < 4.78 is 0.805. The highest BCUT2D eigenvalue weighted by Crippen LogP contribution is 2.21. The van der Waals surface area contributed by atoms with Gasteiger partial charge in [-0.25, -0.2) is 0 Å². The summed E-state index contributed by atoms with van der Waals surface area (Å²) in [4.78, 5) is 20.7. The molecule has 120 valence electrons. The van der Waals surface area contributed by atoms with Crippen LogP contribution in [-0.2, 0) is 6.54 Å². The highest BCUT2D eigenvalue weighted by Gasteiger charge is 2.11. The average Bonchev–Trinajstić information content (AvgIpc) is 2.63. The van der Waals surface area contributed by atoms with Crippen molar-refractivity contribution in [2.75, 3.05) is 0 Å². The minimum absolute atomic E-state index is 0.221. The van der Waals surface area contributed by atoms with Crippen LogP contribution >= 0.6 is 27.5 Å². The second kappa shape index (κ2) is 7.55. The van der Waals surface area contributed by atoms with E-state index in [4.69, 9.17) is 11.6 Å². The van der Waals surface area contributed by atoms with Crippen molar-refractivity contribution < 1.29 is 4.79 Å². The molecule has 0 fully saturated rings. The van der Waals surface area contributed by atoms with E-state index in [9.17, 15) is 4.79 Å². The van der Waals surface area contributed by atoms with Crippen LogP contribution in [0.3, 0.4) is 0 Å². The third kappa shape index (κ3) is 3.99. The summed E-state index contributed by atoms with van der Waals surface area (Å²) in [7, 11) is 0. The lowest BCUT2D eigenvalue weighted by atomic mass is 10.1. The van der Waals surface area contributed by atoms with E-state index in [0.29, 0.717) is 17.1 Å². The van der Waals surface area contributed by atoms with Crippen LogP contribution in [0.2, 0.25) is 5.02 Å². The van der Waals surface area contributed by atoms with Crippen molar-refractivity contribution >= 4 is 33.4 Å². The number of halogens is 2. The van der Waals surface area contributed by atoms with Gasteiger partial charge in [0.25, 0.3) is 5.91 Å². The Hall–Kier alpha value is -2.24. The second-order valence-electron chi connectivity index (χ2n) is 5.10. The molecule has 4 nitrogen and oxygen atoms in total. The van der Waals surface area contributed by atoms with Gasteiger partial charge in [-0.05, 0) is 48.0 Å². The van der Waals surface area contributed by atoms with E-state index in [0.717, 1.165) is 21.3 Å². The Kier molecular flexibility index (Phi) is 5.23. The molecule has 0 saturated carbocycles. The number of carbonyl (C=O) groups is 1. The fraction of sp³-hybridized carbons (Fsp3) is 0.0556. The Bertz CT molecular complexity index is 871. The quantitative estimate of drug-likeness (QED) is 0.699.